The summed E-state index contributed by atoms with van der Waals surface area (Å²) in [7, 11) is 7.85. The number of benzene rings is 4. The van der Waals surface area contributed by atoms with Gasteiger partial charge in [0.2, 0.25) is 0 Å². The van der Waals surface area contributed by atoms with Crippen molar-refractivity contribution in [3.05, 3.63) is 112 Å². The molecule has 288 valence electrons. The van der Waals surface area contributed by atoms with Crippen molar-refractivity contribution in [3.8, 4) is 17.2 Å². The van der Waals surface area contributed by atoms with Gasteiger partial charge in [0, 0.05) is 24.5 Å². The third kappa shape index (κ3) is 10.2. The van der Waals surface area contributed by atoms with Crippen molar-refractivity contribution >= 4 is 28.9 Å². The Balaban J connectivity index is 1.13. The third-order valence-electron chi connectivity index (χ3n) is 9.40. The number of likely N-dealkylation sites (N-methyl/N-ethyl adjacent to an activating group) is 2. The Hall–Kier alpha value is -4.49. The molecular formula is C41H46ClF3N4O5. The molecule has 0 aromatic heterocycles. The minimum atomic E-state index is -4.59. The molecule has 0 bridgehead atoms. The molecule has 9 nitrogen and oxygen atoms in total. The molecule has 1 saturated carbocycles. The molecule has 0 radical (unpaired) electrons. The predicted molar refractivity (Wildman–Crippen MR) is 204 cm³/mol. The van der Waals surface area contributed by atoms with Crippen LogP contribution in [0, 0.1) is 0 Å². The number of nitrogens with one attached hydrogen (secondary N) is 2. The van der Waals surface area contributed by atoms with Gasteiger partial charge in [0.15, 0.2) is 6.23 Å². The Morgan fingerprint density at radius 2 is 1.52 bits per heavy atom. The van der Waals surface area contributed by atoms with E-state index in [2.05, 4.69) is 16.7 Å². The first-order chi connectivity index (χ1) is 25.9. The van der Waals surface area contributed by atoms with Crippen LogP contribution in [0.25, 0.3) is 0 Å². The van der Waals surface area contributed by atoms with Crippen LogP contribution in [-0.2, 0) is 10.9 Å². The molecule has 6 rings (SSSR count). The van der Waals surface area contributed by atoms with Crippen molar-refractivity contribution in [1.82, 2.24) is 9.80 Å². The highest BCUT2D eigenvalue weighted by molar-refractivity contribution is 6.31. The molecule has 2 N–H and O–H groups in total. The van der Waals surface area contributed by atoms with Crippen molar-refractivity contribution in [1.29, 1.82) is 0 Å². The van der Waals surface area contributed by atoms with Crippen LogP contribution in [0.1, 0.15) is 58.3 Å². The van der Waals surface area contributed by atoms with E-state index in [0.717, 1.165) is 37.4 Å². The molecule has 0 spiro atoms. The van der Waals surface area contributed by atoms with Crippen LogP contribution in [-0.4, -0.2) is 82.5 Å². The van der Waals surface area contributed by atoms with Crippen molar-refractivity contribution in [2.45, 2.75) is 49.8 Å². The summed E-state index contributed by atoms with van der Waals surface area (Å²) >= 11 is 5.84. The summed E-state index contributed by atoms with van der Waals surface area (Å²) in [6.07, 6.45) is -3.35. The monoisotopic (exact) mass is 766 g/mol. The van der Waals surface area contributed by atoms with E-state index < -0.39 is 24.1 Å². The molecule has 4 atom stereocenters. The number of hydrogen-bond donors (Lipinski definition) is 2. The van der Waals surface area contributed by atoms with Crippen LogP contribution < -0.4 is 24.8 Å². The van der Waals surface area contributed by atoms with Crippen molar-refractivity contribution in [3.63, 3.8) is 0 Å². The molecule has 2 fully saturated rings. The number of nitrogens with zero attached hydrogens (tertiary/aromatic N) is 2. The second-order valence-corrected chi connectivity index (χ2v) is 14.5. The van der Waals surface area contributed by atoms with E-state index in [0.29, 0.717) is 53.8 Å². The number of rotatable bonds is 16. The molecular weight excluding hydrogens is 721 g/mol. The molecule has 54 heavy (non-hydrogen) atoms. The predicted octanol–water partition coefficient (Wildman–Crippen LogP) is 8.72. The minimum Gasteiger partial charge on any atom is -0.492 e. The van der Waals surface area contributed by atoms with Crippen LogP contribution in [0.15, 0.2) is 84.9 Å². The Bertz CT molecular complexity index is 1910. The minimum absolute atomic E-state index is 0.106. The number of halogens is 4. The van der Waals surface area contributed by atoms with Gasteiger partial charge in [0.25, 0.3) is 5.91 Å². The fourth-order valence-corrected chi connectivity index (χ4v) is 6.75. The van der Waals surface area contributed by atoms with Crippen molar-refractivity contribution < 1.29 is 36.9 Å². The largest absolute Gasteiger partial charge is 0.492 e. The lowest BCUT2D eigenvalue weighted by atomic mass is 9.97. The van der Waals surface area contributed by atoms with Gasteiger partial charge in [-0.2, -0.15) is 13.2 Å². The van der Waals surface area contributed by atoms with E-state index in [-0.39, 0.29) is 28.6 Å². The quantitative estimate of drug-likeness (QED) is 0.110. The summed E-state index contributed by atoms with van der Waals surface area (Å²) < 4.78 is 65.4. The van der Waals surface area contributed by atoms with Gasteiger partial charge in [0.1, 0.15) is 36.6 Å². The molecule has 4 aromatic carbocycles. The zero-order chi connectivity index (χ0) is 38.4. The van der Waals surface area contributed by atoms with Gasteiger partial charge in [-0.3, -0.25) is 4.79 Å². The number of hydrogen-bond acceptors (Lipinski definition) is 8. The Morgan fingerprint density at radius 1 is 0.833 bits per heavy atom. The van der Waals surface area contributed by atoms with Gasteiger partial charge in [-0.15, -0.1) is 0 Å². The molecule has 1 aliphatic carbocycles. The smallest absolute Gasteiger partial charge is 0.417 e. The Labute approximate surface area is 319 Å². The summed E-state index contributed by atoms with van der Waals surface area (Å²) in [5.74, 6) is 1.70. The van der Waals surface area contributed by atoms with E-state index in [1.165, 1.54) is 12.1 Å². The highest BCUT2D eigenvalue weighted by Crippen LogP contribution is 2.49. The van der Waals surface area contributed by atoms with Gasteiger partial charge in [-0.1, -0.05) is 41.9 Å². The lowest BCUT2D eigenvalue weighted by Gasteiger charge is -2.20. The van der Waals surface area contributed by atoms with Gasteiger partial charge < -0.3 is 39.4 Å². The fourth-order valence-electron chi connectivity index (χ4n) is 6.53. The van der Waals surface area contributed by atoms with E-state index in [4.69, 9.17) is 30.5 Å². The molecule has 1 heterocycles. The fraction of sp³-hybridized carbons (Fsp3) is 0.390. The number of anilines is 2. The summed E-state index contributed by atoms with van der Waals surface area (Å²) in [5.41, 5.74) is 2.29. The second-order valence-electron chi connectivity index (χ2n) is 14.1. The molecule has 13 heteroatoms. The number of carbonyl (C=O) groups is 1. The zero-order valence-corrected chi connectivity index (χ0v) is 31.5. The highest BCUT2D eigenvalue weighted by atomic mass is 35.5. The maximum Gasteiger partial charge on any atom is 0.417 e. The SMILES string of the molecule is CN(C)CCOc1ccccc1C(=O)Nc1cccc(C2CCC(Oc3cccc(OCCN(C)C)c3C3OC3Nc3ccc(Cl)c(C(F)(F)F)c3)C2)c1. The third-order valence-corrected chi connectivity index (χ3v) is 9.73. The lowest BCUT2D eigenvalue weighted by Crippen LogP contribution is -2.20. The highest BCUT2D eigenvalue weighted by Gasteiger charge is 2.45. The van der Waals surface area contributed by atoms with E-state index >= 15 is 0 Å². The van der Waals surface area contributed by atoms with Crippen LogP contribution in [0.5, 0.6) is 17.2 Å². The number of para-hydroxylation sites is 1. The van der Waals surface area contributed by atoms with Gasteiger partial charge >= 0.3 is 6.18 Å². The first-order valence-electron chi connectivity index (χ1n) is 18.0. The van der Waals surface area contributed by atoms with Crippen molar-refractivity contribution in [2.75, 3.05) is 65.1 Å². The zero-order valence-electron chi connectivity index (χ0n) is 30.8. The Kier molecular flexibility index (Phi) is 12.6. The number of amides is 1. The van der Waals surface area contributed by atoms with Crippen LogP contribution in [0.3, 0.4) is 0 Å². The topological polar surface area (TPSA) is 87.8 Å². The van der Waals surface area contributed by atoms with Gasteiger partial charge in [-0.25, -0.2) is 0 Å². The number of epoxide rings is 1. The number of alkyl halides is 3. The Morgan fingerprint density at radius 3 is 2.26 bits per heavy atom. The van der Waals surface area contributed by atoms with E-state index in [1.54, 1.807) is 12.1 Å². The normalized spacial score (nSPS) is 19.5. The lowest BCUT2D eigenvalue weighted by molar-refractivity contribution is -0.137. The maximum absolute atomic E-state index is 13.5. The molecule has 1 aliphatic heterocycles. The maximum atomic E-state index is 13.5. The first-order valence-corrected chi connectivity index (χ1v) is 18.4. The van der Waals surface area contributed by atoms with E-state index in [9.17, 15) is 18.0 Å². The van der Waals surface area contributed by atoms with Gasteiger partial charge in [-0.05, 0) is 114 Å². The average molecular weight is 767 g/mol. The summed E-state index contributed by atoms with van der Waals surface area (Å²) in [4.78, 5) is 17.4. The number of carbonyl (C=O) groups excluding carboxylic acids is 1. The molecule has 1 saturated heterocycles. The molecule has 1 amide bonds. The van der Waals surface area contributed by atoms with Crippen LogP contribution in [0.4, 0.5) is 24.5 Å². The number of ether oxygens (including phenoxy) is 4. The summed E-state index contributed by atoms with van der Waals surface area (Å²) in [6, 6.07) is 24.4. The molecule has 4 unspecified atom stereocenters. The first kappa shape index (κ1) is 39.2. The van der Waals surface area contributed by atoms with Crippen LogP contribution >= 0.6 is 11.6 Å². The standard InChI is InChI=1S/C41H46ClF3N4O5/c1-48(2)19-21-51-34-12-6-5-11-31(34)39(50)46-28-10-7-9-26(23-28)27-15-17-30(24-27)53-36-14-8-13-35(52-22-20-49(3)4)37(36)38-40(54-38)47-29-16-18-33(42)32(25-29)41(43,44)45/h5-14,16,18,23,25,27,30,38,40,47H,15,17,19-22,24H2,1-4H3,(H,46,50). The summed E-state index contributed by atoms with van der Waals surface area (Å²) in [5, 5.41) is 5.74. The van der Waals surface area contributed by atoms with Crippen LogP contribution in [0.2, 0.25) is 5.02 Å². The van der Waals surface area contributed by atoms with E-state index in [1.807, 2.05) is 86.5 Å². The molecule has 2 aliphatic rings. The van der Waals surface area contributed by atoms with Crippen molar-refractivity contribution in [2.24, 2.45) is 0 Å². The second kappa shape index (κ2) is 17.3. The molecule has 4 aromatic rings. The average Bonchev–Trinajstić information content (AvgIpc) is 3.71. The summed E-state index contributed by atoms with van der Waals surface area (Å²) in [6.45, 7) is 2.30. The van der Waals surface area contributed by atoms with Gasteiger partial charge in [0.05, 0.1) is 27.8 Å².